The van der Waals surface area contributed by atoms with Crippen LogP contribution in [0, 0.1) is 25.5 Å². The van der Waals surface area contributed by atoms with Gasteiger partial charge in [-0.1, -0.05) is 12.1 Å². The fourth-order valence-corrected chi connectivity index (χ4v) is 2.92. The van der Waals surface area contributed by atoms with Crippen molar-refractivity contribution in [3.8, 4) is 0 Å². The Morgan fingerprint density at radius 1 is 1.12 bits per heavy atom. The molecule has 0 aromatic heterocycles. The second-order valence-electron chi connectivity index (χ2n) is 6.24. The van der Waals surface area contributed by atoms with Crippen LogP contribution in [0.15, 0.2) is 36.4 Å². The molecule has 0 unspecified atom stereocenters. The van der Waals surface area contributed by atoms with Gasteiger partial charge < -0.3 is 10.2 Å². The van der Waals surface area contributed by atoms with Crippen LogP contribution in [0.4, 0.5) is 14.5 Å². The molecule has 2 aromatic rings. The number of benzene rings is 2. The van der Waals surface area contributed by atoms with Crippen LogP contribution in [0.2, 0.25) is 0 Å². The Bertz CT molecular complexity index is 831. The number of amides is 2. The van der Waals surface area contributed by atoms with Crippen molar-refractivity contribution in [3.63, 3.8) is 0 Å². The van der Waals surface area contributed by atoms with Gasteiger partial charge in [0.1, 0.15) is 17.2 Å². The van der Waals surface area contributed by atoms with Crippen molar-refractivity contribution in [1.29, 1.82) is 0 Å². The monoisotopic (exact) mass is 344 g/mol. The molecule has 1 aliphatic rings. The van der Waals surface area contributed by atoms with Crippen LogP contribution in [-0.2, 0) is 4.79 Å². The van der Waals surface area contributed by atoms with Gasteiger partial charge >= 0.3 is 0 Å². The average Bonchev–Trinajstić information content (AvgIpc) is 2.90. The summed E-state index contributed by atoms with van der Waals surface area (Å²) in [6.07, 6.45) is 0.0920. The van der Waals surface area contributed by atoms with Crippen molar-refractivity contribution < 1.29 is 18.4 Å². The van der Waals surface area contributed by atoms with E-state index >= 15 is 0 Å². The Morgan fingerprint density at radius 2 is 1.80 bits per heavy atom. The second-order valence-corrected chi connectivity index (χ2v) is 6.24. The molecule has 130 valence electrons. The lowest BCUT2D eigenvalue weighted by Crippen LogP contribution is -2.38. The van der Waals surface area contributed by atoms with Crippen molar-refractivity contribution >= 4 is 17.5 Å². The van der Waals surface area contributed by atoms with E-state index in [2.05, 4.69) is 5.32 Å². The minimum atomic E-state index is -0.923. The summed E-state index contributed by atoms with van der Waals surface area (Å²) < 4.78 is 27.4. The van der Waals surface area contributed by atoms with Crippen molar-refractivity contribution in [1.82, 2.24) is 5.32 Å². The Morgan fingerprint density at radius 3 is 2.44 bits per heavy atom. The molecular formula is C19H18F2N2O2. The van der Waals surface area contributed by atoms with Crippen molar-refractivity contribution in [3.05, 3.63) is 64.7 Å². The van der Waals surface area contributed by atoms with Crippen LogP contribution < -0.4 is 10.2 Å². The third-order valence-corrected chi connectivity index (χ3v) is 4.45. The summed E-state index contributed by atoms with van der Waals surface area (Å²) in [4.78, 5) is 26.0. The number of nitrogens with one attached hydrogen (secondary N) is 1. The van der Waals surface area contributed by atoms with E-state index in [0.717, 1.165) is 28.9 Å². The maximum absolute atomic E-state index is 13.7. The minimum Gasteiger partial charge on any atom is -0.347 e. The van der Waals surface area contributed by atoms with E-state index in [1.54, 1.807) is 4.90 Å². The Hall–Kier alpha value is -2.76. The Balaban J connectivity index is 1.74. The van der Waals surface area contributed by atoms with Crippen LogP contribution in [0.3, 0.4) is 0 Å². The topological polar surface area (TPSA) is 49.4 Å². The van der Waals surface area contributed by atoms with Gasteiger partial charge in [0.15, 0.2) is 0 Å². The summed E-state index contributed by atoms with van der Waals surface area (Å²) in [5.74, 6) is -2.83. The number of aryl methyl sites for hydroxylation is 2. The SMILES string of the molecule is Cc1ccc(N2C[C@H](NC(=O)c3c(F)cccc3F)CC2=O)cc1C. The predicted octanol–water partition coefficient (Wildman–Crippen LogP) is 3.12. The number of carbonyl (C=O) groups is 2. The van der Waals surface area contributed by atoms with Gasteiger partial charge in [-0.05, 0) is 49.2 Å². The van der Waals surface area contributed by atoms with Gasteiger partial charge in [0.25, 0.3) is 5.91 Å². The van der Waals surface area contributed by atoms with Gasteiger partial charge in [0.2, 0.25) is 5.91 Å². The number of halogens is 2. The number of hydrogen-bond acceptors (Lipinski definition) is 2. The van der Waals surface area contributed by atoms with E-state index in [4.69, 9.17) is 0 Å². The molecule has 2 amide bonds. The summed E-state index contributed by atoms with van der Waals surface area (Å²) in [5, 5.41) is 2.55. The molecule has 1 saturated heterocycles. The number of nitrogens with zero attached hydrogens (tertiary/aromatic N) is 1. The molecule has 1 fully saturated rings. The summed E-state index contributed by atoms with van der Waals surface area (Å²) in [6, 6.07) is 8.44. The lowest BCUT2D eigenvalue weighted by atomic mass is 10.1. The number of rotatable bonds is 3. The van der Waals surface area contributed by atoms with Crippen molar-refractivity contribution in [2.75, 3.05) is 11.4 Å². The van der Waals surface area contributed by atoms with Crippen LogP contribution in [-0.4, -0.2) is 24.4 Å². The first-order chi connectivity index (χ1) is 11.9. The molecule has 1 aliphatic heterocycles. The summed E-state index contributed by atoms with van der Waals surface area (Å²) in [6.45, 7) is 4.21. The Kier molecular flexibility index (Phi) is 4.53. The first-order valence-electron chi connectivity index (χ1n) is 7.99. The summed E-state index contributed by atoms with van der Waals surface area (Å²) in [7, 11) is 0. The molecule has 25 heavy (non-hydrogen) atoms. The molecule has 0 radical (unpaired) electrons. The smallest absolute Gasteiger partial charge is 0.257 e. The van der Waals surface area contributed by atoms with E-state index < -0.39 is 29.1 Å². The number of hydrogen-bond donors (Lipinski definition) is 1. The first kappa shape index (κ1) is 17.1. The van der Waals surface area contributed by atoms with Crippen LogP contribution in [0.1, 0.15) is 27.9 Å². The standard InChI is InChI=1S/C19H18F2N2O2/c1-11-6-7-14(8-12(11)2)23-10-13(9-17(23)24)22-19(25)18-15(20)4-3-5-16(18)21/h3-8,13H,9-10H2,1-2H3,(H,22,25)/t13-/m1/s1. The maximum atomic E-state index is 13.7. The van der Waals surface area contributed by atoms with E-state index in [-0.39, 0.29) is 18.9 Å². The van der Waals surface area contributed by atoms with E-state index in [1.165, 1.54) is 6.07 Å². The third-order valence-electron chi connectivity index (χ3n) is 4.45. The normalized spacial score (nSPS) is 17.0. The zero-order valence-corrected chi connectivity index (χ0v) is 14.0. The molecule has 1 N–H and O–H groups in total. The minimum absolute atomic E-state index is 0.0920. The van der Waals surface area contributed by atoms with Gasteiger partial charge in [0.05, 0.1) is 6.04 Å². The third kappa shape index (κ3) is 3.38. The molecule has 3 rings (SSSR count). The second kappa shape index (κ2) is 6.63. The van der Waals surface area contributed by atoms with Crippen LogP contribution >= 0.6 is 0 Å². The molecule has 2 aromatic carbocycles. The zero-order chi connectivity index (χ0) is 18.1. The molecular weight excluding hydrogens is 326 g/mol. The van der Waals surface area contributed by atoms with Crippen molar-refractivity contribution in [2.45, 2.75) is 26.3 Å². The molecule has 0 bridgehead atoms. The Labute approximate surface area is 144 Å². The fraction of sp³-hybridized carbons (Fsp3) is 0.263. The molecule has 0 aliphatic carbocycles. The van der Waals surface area contributed by atoms with Gasteiger partial charge in [-0.25, -0.2) is 8.78 Å². The molecule has 4 nitrogen and oxygen atoms in total. The van der Waals surface area contributed by atoms with Crippen molar-refractivity contribution in [2.24, 2.45) is 0 Å². The first-order valence-corrected chi connectivity index (χ1v) is 7.99. The van der Waals surface area contributed by atoms with Gasteiger partial charge in [-0.2, -0.15) is 0 Å². The fourth-order valence-electron chi connectivity index (χ4n) is 2.92. The molecule has 1 heterocycles. The molecule has 0 saturated carbocycles. The highest BCUT2D eigenvalue weighted by Gasteiger charge is 2.32. The van der Waals surface area contributed by atoms with Gasteiger partial charge in [-0.15, -0.1) is 0 Å². The van der Waals surface area contributed by atoms with E-state index in [9.17, 15) is 18.4 Å². The quantitative estimate of drug-likeness (QED) is 0.930. The summed E-state index contributed by atoms with van der Waals surface area (Å²) in [5.41, 5.74) is 2.31. The van der Waals surface area contributed by atoms with Crippen LogP contribution in [0.5, 0.6) is 0 Å². The highest BCUT2D eigenvalue weighted by Crippen LogP contribution is 2.24. The molecule has 6 heteroatoms. The lowest BCUT2D eigenvalue weighted by molar-refractivity contribution is -0.117. The van der Waals surface area contributed by atoms with E-state index in [1.807, 2.05) is 32.0 Å². The number of carbonyl (C=O) groups excluding carboxylic acids is 2. The van der Waals surface area contributed by atoms with Gasteiger partial charge in [0, 0.05) is 18.7 Å². The zero-order valence-electron chi connectivity index (χ0n) is 14.0. The lowest BCUT2D eigenvalue weighted by Gasteiger charge is -2.18. The predicted molar refractivity (Wildman–Crippen MR) is 90.5 cm³/mol. The number of anilines is 1. The highest BCUT2D eigenvalue weighted by molar-refractivity contribution is 5.99. The largest absolute Gasteiger partial charge is 0.347 e. The molecule has 1 atom stereocenters. The summed E-state index contributed by atoms with van der Waals surface area (Å²) >= 11 is 0. The van der Waals surface area contributed by atoms with E-state index in [0.29, 0.717) is 0 Å². The highest BCUT2D eigenvalue weighted by atomic mass is 19.1. The van der Waals surface area contributed by atoms with Crippen LogP contribution in [0.25, 0.3) is 0 Å². The van der Waals surface area contributed by atoms with Gasteiger partial charge in [-0.3, -0.25) is 9.59 Å². The maximum Gasteiger partial charge on any atom is 0.257 e. The average molecular weight is 344 g/mol. The molecule has 0 spiro atoms.